The van der Waals surface area contributed by atoms with Crippen LogP contribution in [0.3, 0.4) is 0 Å². The van der Waals surface area contributed by atoms with Crippen molar-refractivity contribution in [2.45, 2.75) is 19.9 Å². The normalized spacial score (nSPS) is 10.7. The van der Waals surface area contributed by atoms with Gasteiger partial charge in [0.25, 0.3) is 0 Å². The van der Waals surface area contributed by atoms with Gasteiger partial charge in [0.15, 0.2) is 0 Å². The second-order valence-electron chi connectivity index (χ2n) is 4.25. The van der Waals surface area contributed by atoms with Gasteiger partial charge < -0.3 is 5.32 Å². The average molecular weight is 229 g/mol. The summed E-state index contributed by atoms with van der Waals surface area (Å²) >= 11 is 0. The third-order valence-electron chi connectivity index (χ3n) is 3.01. The van der Waals surface area contributed by atoms with Gasteiger partial charge >= 0.3 is 0 Å². The van der Waals surface area contributed by atoms with Gasteiger partial charge in [-0.1, -0.05) is 24.3 Å². The second kappa shape index (κ2) is 5.64. The minimum absolute atomic E-state index is 0.860. The molecule has 3 heteroatoms. The summed E-state index contributed by atoms with van der Waals surface area (Å²) in [4.78, 5) is 0. The summed E-state index contributed by atoms with van der Waals surface area (Å²) in [5.74, 6) is 0. The van der Waals surface area contributed by atoms with Crippen LogP contribution in [0.4, 0.5) is 0 Å². The topological polar surface area (TPSA) is 29.9 Å². The molecule has 0 aliphatic rings. The minimum Gasteiger partial charge on any atom is -0.319 e. The van der Waals surface area contributed by atoms with Crippen LogP contribution in [-0.4, -0.2) is 23.4 Å². The van der Waals surface area contributed by atoms with Gasteiger partial charge in [0.05, 0.1) is 6.54 Å². The fourth-order valence-corrected chi connectivity index (χ4v) is 1.94. The van der Waals surface area contributed by atoms with E-state index in [4.69, 9.17) is 0 Å². The Balaban J connectivity index is 2.17. The van der Waals surface area contributed by atoms with Crippen LogP contribution >= 0.6 is 0 Å². The van der Waals surface area contributed by atoms with Crippen LogP contribution in [0.1, 0.15) is 16.8 Å². The van der Waals surface area contributed by atoms with Crippen LogP contribution in [-0.2, 0) is 13.0 Å². The molecule has 2 rings (SSSR count). The van der Waals surface area contributed by atoms with Crippen LogP contribution in [0.5, 0.6) is 0 Å². The van der Waals surface area contributed by atoms with Crippen LogP contribution in [0.25, 0.3) is 0 Å². The van der Waals surface area contributed by atoms with Crippen LogP contribution in [0, 0.1) is 6.92 Å². The predicted molar refractivity (Wildman–Crippen MR) is 70.1 cm³/mol. The Morgan fingerprint density at radius 2 is 1.94 bits per heavy atom. The molecule has 0 aliphatic heterocycles. The molecule has 0 saturated carbocycles. The van der Waals surface area contributed by atoms with Gasteiger partial charge in [0.2, 0.25) is 0 Å². The molecular formula is C14H19N3. The molecule has 1 aromatic carbocycles. The van der Waals surface area contributed by atoms with E-state index in [1.54, 1.807) is 0 Å². The Kier molecular flexibility index (Phi) is 3.94. The van der Waals surface area contributed by atoms with Crippen molar-refractivity contribution in [3.8, 4) is 0 Å². The molecule has 3 nitrogen and oxygen atoms in total. The minimum atomic E-state index is 0.860. The lowest BCUT2D eigenvalue weighted by atomic mass is 10.0. The van der Waals surface area contributed by atoms with E-state index in [-0.39, 0.29) is 0 Å². The van der Waals surface area contributed by atoms with Crippen molar-refractivity contribution in [1.29, 1.82) is 0 Å². The molecule has 0 unspecified atom stereocenters. The van der Waals surface area contributed by atoms with Gasteiger partial charge in [0.1, 0.15) is 0 Å². The zero-order valence-electron chi connectivity index (χ0n) is 10.5. The molecule has 0 saturated heterocycles. The number of hydrogen-bond donors (Lipinski definition) is 1. The molecule has 0 fully saturated rings. The van der Waals surface area contributed by atoms with Crippen molar-refractivity contribution in [2.75, 3.05) is 13.6 Å². The van der Waals surface area contributed by atoms with Crippen molar-refractivity contribution < 1.29 is 0 Å². The summed E-state index contributed by atoms with van der Waals surface area (Å²) in [5.41, 5.74) is 3.96. The largest absolute Gasteiger partial charge is 0.319 e. The molecular weight excluding hydrogens is 210 g/mol. The van der Waals surface area contributed by atoms with Gasteiger partial charge in [-0.25, -0.2) is 0 Å². The SMILES string of the molecule is CNCCc1ccccc1Cn1nccc1C. The van der Waals surface area contributed by atoms with E-state index in [0.29, 0.717) is 0 Å². The monoisotopic (exact) mass is 229 g/mol. The molecule has 0 amide bonds. The quantitative estimate of drug-likeness (QED) is 0.850. The standard InChI is InChI=1S/C14H19N3/c1-12-7-10-16-17(12)11-14-6-4-3-5-13(14)8-9-15-2/h3-7,10,15H,8-9,11H2,1-2H3. The number of aromatic nitrogens is 2. The summed E-state index contributed by atoms with van der Waals surface area (Å²) in [6.07, 6.45) is 2.92. The van der Waals surface area contributed by atoms with Crippen molar-refractivity contribution >= 4 is 0 Å². The van der Waals surface area contributed by atoms with Gasteiger partial charge in [-0.15, -0.1) is 0 Å². The smallest absolute Gasteiger partial charge is 0.0665 e. The first-order valence-electron chi connectivity index (χ1n) is 6.01. The van der Waals surface area contributed by atoms with Gasteiger partial charge in [-0.3, -0.25) is 4.68 Å². The lowest BCUT2D eigenvalue weighted by molar-refractivity contribution is 0.657. The fourth-order valence-electron chi connectivity index (χ4n) is 1.94. The maximum absolute atomic E-state index is 4.33. The number of nitrogens with zero attached hydrogens (tertiary/aromatic N) is 2. The van der Waals surface area contributed by atoms with E-state index < -0.39 is 0 Å². The molecule has 90 valence electrons. The van der Waals surface area contributed by atoms with Crippen LogP contribution in [0.2, 0.25) is 0 Å². The molecule has 0 bridgehead atoms. The molecule has 0 atom stereocenters. The van der Waals surface area contributed by atoms with Crippen LogP contribution in [0.15, 0.2) is 36.5 Å². The van der Waals surface area contributed by atoms with Crippen molar-refractivity contribution in [1.82, 2.24) is 15.1 Å². The number of hydrogen-bond acceptors (Lipinski definition) is 2. The van der Waals surface area contributed by atoms with Crippen molar-refractivity contribution in [3.05, 3.63) is 53.3 Å². The Hall–Kier alpha value is -1.61. The first kappa shape index (κ1) is 11.9. The lowest BCUT2D eigenvalue weighted by Gasteiger charge is -2.10. The van der Waals surface area contributed by atoms with Crippen LogP contribution < -0.4 is 5.32 Å². The summed E-state index contributed by atoms with van der Waals surface area (Å²) in [6, 6.07) is 10.6. The molecule has 1 aromatic heterocycles. The highest BCUT2D eigenvalue weighted by Gasteiger charge is 2.04. The number of nitrogens with one attached hydrogen (secondary N) is 1. The molecule has 17 heavy (non-hydrogen) atoms. The third-order valence-corrected chi connectivity index (χ3v) is 3.01. The Morgan fingerprint density at radius 1 is 1.18 bits per heavy atom. The van der Waals surface area contributed by atoms with Crippen molar-refractivity contribution in [3.63, 3.8) is 0 Å². The third kappa shape index (κ3) is 2.94. The fraction of sp³-hybridized carbons (Fsp3) is 0.357. The van der Waals surface area contributed by atoms with Gasteiger partial charge in [-0.2, -0.15) is 5.10 Å². The van der Waals surface area contributed by atoms with Gasteiger partial charge in [-0.05, 0) is 44.1 Å². The van der Waals surface area contributed by atoms with E-state index in [2.05, 4.69) is 41.6 Å². The molecule has 0 spiro atoms. The Labute approximate surface area is 102 Å². The Morgan fingerprint density at radius 3 is 2.59 bits per heavy atom. The number of rotatable bonds is 5. The maximum atomic E-state index is 4.33. The maximum Gasteiger partial charge on any atom is 0.0665 e. The van der Waals surface area contributed by atoms with Crippen molar-refractivity contribution in [2.24, 2.45) is 0 Å². The number of likely N-dealkylation sites (N-methyl/N-ethyl adjacent to an activating group) is 1. The molecule has 0 radical (unpaired) electrons. The summed E-state index contributed by atoms with van der Waals surface area (Å²) in [6.45, 7) is 3.96. The molecule has 1 N–H and O–H groups in total. The number of aryl methyl sites for hydroxylation is 1. The first-order chi connectivity index (χ1) is 8.31. The second-order valence-corrected chi connectivity index (χ2v) is 4.25. The number of benzene rings is 1. The lowest BCUT2D eigenvalue weighted by Crippen LogP contribution is -2.13. The van der Waals surface area contributed by atoms with E-state index >= 15 is 0 Å². The van der Waals surface area contributed by atoms with Gasteiger partial charge in [0, 0.05) is 11.9 Å². The Bertz CT molecular complexity index is 474. The summed E-state index contributed by atoms with van der Waals surface area (Å²) < 4.78 is 2.04. The van der Waals surface area contributed by atoms with E-state index in [0.717, 1.165) is 19.5 Å². The highest BCUT2D eigenvalue weighted by molar-refractivity contribution is 5.27. The highest BCUT2D eigenvalue weighted by Crippen LogP contribution is 2.12. The summed E-state index contributed by atoms with van der Waals surface area (Å²) in [5, 5.41) is 7.52. The van der Waals surface area contributed by atoms with E-state index in [1.807, 2.05) is 24.0 Å². The zero-order chi connectivity index (χ0) is 12.1. The predicted octanol–water partition coefficient (Wildman–Crippen LogP) is 2.00. The molecule has 2 aromatic rings. The summed E-state index contributed by atoms with van der Waals surface area (Å²) in [7, 11) is 1.99. The zero-order valence-corrected chi connectivity index (χ0v) is 10.5. The first-order valence-corrected chi connectivity index (χ1v) is 6.01. The van der Waals surface area contributed by atoms with E-state index in [1.165, 1.54) is 16.8 Å². The average Bonchev–Trinajstić information content (AvgIpc) is 2.74. The molecule has 1 heterocycles. The highest BCUT2D eigenvalue weighted by atomic mass is 15.3. The molecule has 0 aliphatic carbocycles. The van der Waals surface area contributed by atoms with E-state index in [9.17, 15) is 0 Å².